The highest BCUT2D eigenvalue weighted by atomic mass is 16.5. The Balaban J connectivity index is 0.000000185. The predicted molar refractivity (Wildman–Crippen MR) is 452 cm³/mol. The van der Waals surface area contributed by atoms with Gasteiger partial charge in [-0.2, -0.15) is 0 Å². The van der Waals surface area contributed by atoms with Gasteiger partial charge in [0.15, 0.2) is 0 Å². The van der Waals surface area contributed by atoms with Gasteiger partial charge in [-0.15, -0.1) is 0 Å². The quantitative estimate of drug-likeness (QED) is 0.0195. The first-order chi connectivity index (χ1) is 58.5. The lowest BCUT2D eigenvalue weighted by Crippen LogP contribution is -2.56. The number of fused-ring (bicyclic) bond motifs is 4. The maximum atomic E-state index is 13.4. The SMILES string of the molecule is CCOC(=O)[C@H](CCc1ccc(OC)cc1)N[C@@H](C)C(=O)N1[C@H](C(=O)O)C[C@H]2CCCC[C@@H]21.CCOC(=O)[C@H](Cc1ccccc1)N[C@@H](C)C(=O)N1[C@H](C(=O)O)C[C@H]2CCCC[C@@H]21.COc1ccc(CC[C@H](N[C@@H](C)C(=O)N2[C@H](C(=O)O)C[C@H]3CCCC[C@@H]32)C(=O)O)cc1.C[C@H](N[C@@H](Cc1ccccc1)C(=O)O)C(=O)N1[C@H](C(=O)O)C[C@H]2CCCC[C@@H]21. The number of carbonyl (C=O) groups excluding carboxylic acids is 6. The van der Waals surface area contributed by atoms with E-state index in [0.717, 1.165) is 136 Å². The molecule has 4 saturated heterocycles. The van der Waals surface area contributed by atoms with Gasteiger partial charge in [-0.1, -0.05) is 136 Å². The van der Waals surface area contributed by atoms with Crippen molar-refractivity contribution in [3.05, 3.63) is 131 Å². The fourth-order valence-corrected chi connectivity index (χ4v) is 19.7. The zero-order valence-corrected chi connectivity index (χ0v) is 71.7. The van der Waals surface area contributed by atoms with Crippen LogP contribution in [0.3, 0.4) is 0 Å². The zero-order valence-electron chi connectivity index (χ0n) is 71.7. The van der Waals surface area contributed by atoms with Crippen LogP contribution in [0.2, 0.25) is 0 Å². The van der Waals surface area contributed by atoms with Gasteiger partial charge in [-0.25, -0.2) is 19.2 Å². The van der Waals surface area contributed by atoms with Crippen LogP contribution in [-0.4, -0.2) is 246 Å². The van der Waals surface area contributed by atoms with Gasteiger partial charge in [0.2, 0.25) is 23.6 Å². The number of methoxy groups -OCH3 is 2. The van der Waals surface area contributed by atoms with Crippen LogP contribution in [0.5, 0.6) is 11.5 Å². The number of esters is 2. The molecule has 30 nitrogen and oxygen atoms in total. The summed E-state index contributed by atoms with van der Waals surface area (Å²) in [5.74, 6) is -5.45. The van der Waals surface area contributed by atoms with Gasteiger partial charge >= 0.3 is 47.8 Å². The van der Waals surface area contributed by atoms with E-state index >= 15 is 0 Å². The first kappa shape index (κ1) is 95.8. The zero-order chi connectivity index (χ0) is 88.4. The summed E-state index contributed by atoms with van der Waals surface area (Å²) < 4.78 is 20.8. The van der Waals surface area contributed by atoms with E-state index in [9.17, 15) is 88.2 Å². The van der Waals surface area contributed by atoms with Crippen LogP contribution in [0.25, 0.3) is 0 Å². The third-order valence-electron chi connectivity index (χ3n) is 25.9. The van der Waals surface area contributed by atoms with E-state index in [-0.39, 0.29) is 91.1 Å². The van der Waals surface area contributed by atoms with Crippen molar-refractivity contribution < 1.29 is 107 Å². The second-order valence-electron chi connectivity index (χ2n) is 33.9. The molecule has 4 amide bonds. The number of benzene rings is 4. The monoisotopic (exact) mass is 1700 g/mol. The van der Waals surface area contributed by atoms with E-state index in [2.05, 4.69) is 21.3 Å². The Hall–Kier alpha value is -10.0. The third kappa shape index (κ3) is 25.6. The number of hydrogen-bond donors (Lipinski definition) is 10. The molecule has 20 atom stereocenters. The molecule has 4 aromatic rings. The first-order valence-electron chi connectivity index (χ1n) is 43.8. The molecule has 0 radical (unpaired) electrons. The smallest absolute Gasteiger partial charge is 0.326 e. The molecule has 8 fully saturated rings. The van der Waals surface area contributed by atoms with E-state index < -0.39 is 120 Å². The summed E-state index contributed by atoms with van der Waals surface area (Å²) >= 11 is 0. The largest absolute Gasteiger partial charge is 0.497 e. The molecule has 0 spiro atoms. The summed E-state index contributed by atoms with van der Waals surface area (Å²) in [4.78, 5) is 155. The standard InChI is InChI=1S/C25H36N2O6.C23H32N2O6.C23H32N2O5.C21H28N2O5/c1-4-33-25(31)20(14-11-17-9-12-19(32-3)13-10-17)26-16(2)23(28)27-21-8-6-5-7-18(21)15-22(27)24(29)30;1-14(21(26)25-19-6-4-3-5-16(19)13-20(25)23(29)30)24-18(22(27)28)12-9-15-7-10-17(31-2)11-8-15;1-3-30-23(29)18(13-16-9-5-4-6-10-16)24-15(2)21(26)25-19-12-8-7-11-17(19)14-20(25)22(27)28;1-13(22-16(20(25)26)11-14-7-3-2-4-8-14)19(24)23-17-10-6-5-9-15(17)12-18(23)21(27)28/h9-10,12-13,16,18,20-22,26H,4-8,11,14-15H2,1-3H3,(H,29,30);7-8,10-11,14,16,18-20,24H,3-6,9,12-13H2,1-2H3,(H,27,28)(H,29,30);4-6,9-10,15,17-20,24H,3,7-8,11-14H2,1-2H3,(H,27,28);2-4,7-8,13,15-18,22H,5-6,9-12H2,1H3,(H,25,26)(H,27,28)/t16-,18+,20-,21-,22-;14-,16+,18-,19-,20-;15-,17+,18-,19-,20-;13-,15+,16-,17-,18-/m0000/s1. The van der Waals surface area contributed by atoms with Crippen molar-refractivity contribution in [2.75, 3.05) is 27.4 Å². The summed E-state index contributed by atoms with van der Waals surface area (Å²) in [6, 6.07) is 24.3. The van der Waals surface area contributed by atoms with Gasteiger partial charge in [0.1, 0.15) is 59.8 Å². The van der Waals surface area contributed by atoms with Crippen molar-refractivity contribution in [2.45, 2.75) is 305 Å². The Kier molecular flexibility index (Phi) is 36.5. The second-order valence-corrected chi connectivity index (χ2v) is 33.9. The van der Waals surface area contributed by atoms with Gasteiger partial charge < -0.3 is 69.2 Å². The average molecular weight is 1700 g/mol. The number of aryl methyl sites for hydroxylation is 2. The van der Waals surface area contributed by atoms with Crippen LogP contribution >= 0.6 is 0 Å². The Morgan fingerprint density at radius 3 is 0.893 bits per heavy atom. The number of hydrogen-bond acceptors (Lipinski definition) is 20. The fourth-order valence-electron chi connectivity index (χ4n) is 19.7. The minimum atomic E-state index is -1.03. The Morgan fingerprint density at radius 2 is 0.607 bits per heavy atom. The molecule has 0 bridgehead atoms. The average Bonchev–Trinajstić information content (AvgIpc) is 1.65. The highest BCUT2D eigenvalue weighted by molar-refractivity contribution is 5.92. The van der Waals surface area contributed by atoms with Crippen LogP contribution in [0, 0.1) is 23.7 Å². The van der Waals surface area contributed by atoms with E-state index in [1.54, 1.807) is 65.6 Å². The highest BCUT2D eigenvalue weighted by Crippen LogP contribution is 2.44. The van der Waals surface area contributed by atoms with Crippen molar-refractivity contribution in [1.82, 2.24) is 40.9 Å². The number of carbonyl (C=O) groups is 12. The maximum absolute atomic E-state index is 13.4. The molecule has 668 valence electrons. The molecule has 4 heterocycles. The Bertz CT molecular complexity index is 4140. The molecule has 8 aliphatic rings. The third-order valence-corrected chi connectivity index (χ3v) is 25.9. The molecular weight excluding hydrogens is 1570 g/mol. The molecule has 122 heavy (non-hydrogen) atoms. The number of aliphatic carboxylic acids is 6. The summed E-state index contributed by atoms with van der Waals surface area (Å²) in [7, 11) is 3.20. The molecule has 4 saturated carbocycles. The number of nitrogens with zero attached hydrogens (tertiary/aromatic N) is 4. The number of carboxylic acids is 6. The predicted octanol–water partition coefficient (Wildman–Crippen LogP) is 9.37. The van der Waals surface area contributed by atoms with Gasteiger partial charge in [-0.3, -0.25) is 59.6 Å². The molecule has 12 rings (SSSR count). The Labute approximate surface area is 715 Å². The minimum Gasteiger partial charge on any atom is -0.497 e. The fraction of sp³-hybridized carbons (Fsp3) is 0.609. The van der Waals surface area contributed by atoms with Gasteiger partial charge in [0, 0.05) is 24.2 Å². The lowest BCUT2D eigenvalue weighted by Gasteiger charge is -2.35. The lowest BCUT2D eigenvalue weighted by molar-refractivity contribution is -0.152. The number of carboxylic acid groups (broad SMARTS) is 6. The van der Waals surface area contributed by atoms with E-state index in [4.69, 9.17) is 18.9 Å². The number of nitrogens with one attached hydrogen (secondary N) is 4. The number of ether oxygens (including phenoxy) is 4. The van der Waals surface area contributed by atoms with Gasteiger partial charge in [0.25, 0.3) is 0 Å². The molecule has 0 unspecified atom stereocenters. The van der Waals surface area contributed by atoms with Gasteiger partial charge in [-0.05, 0) is 227 Å². The van der Waals surface area contributed by atoms with Crippen LogP contribution in [0.4, 0.5) is 0 Å². The van der Waals surface area contributed by atoms with E-state index in [1.807, 2.05) is 109 Å². The summed E-state index contributed by atoms with van der Waals surface area (Å²) in [5.41, 5.74) is 3.84. The molecule has 4 aliphatic heterocycles. The van der Waals surface area contributed by atoms with E-state index in [0.29, 0.717) is 57.8 Å². The van der Waals surface area contributed by atoms with E-state index in [1.165, 1.54) is 9.80 Å². The summed E-state index contributed by atoms with van der Waals surface area (Å²) in [6.07, 6.45) is 20.0. The number of likely N-dealkylation sites (tertiary alicyclic amines) is 4. The molecular formula is C92H128N8O22. The van der Waals surface area contributed by atoms with Crippen molar-refractivity contribution >= 4 is 71.4 Å². The Morgan fingerprint density at radius 1 is 0.344 bits per heavy atom. The minimum absolute atomic E-state index is 0.0215. The summed E-state index contributed by atoms with van der Waals surface area (Å²) in [6.45, 7) is 10.7. The molecule has 10 N–H and O–H groups in total. The number of amides is 4. The van der Waals surface area contributed by atoms with Crippen molar-refractivity contribution in [3.63, 3.8) is 0 Å². The second kappa shape index (κ2) is 46.4. The van der Waals surface area contributed by atoms with Crippen LogP contribution < -0.4 is 30.7 Å². The van der Waals surface area contributed by atoms with Crippen molar-refractivity contribution in [1.29, 1.82) is 0 Å². The lowest BCUT2D eigenvalue weighted by atomic mass is 9.84. The number of rotatable bonds is 34. The van der Waals surface area contributed by atoms with Crippen LogP contribution in [-0.2, 0) is 92.7 Å². The first-order valence-corrected chi connectivity index (χ1v) is 43.8. The van der Waals surface area contributed by atoms with Gasteiger partial charge in [0.05, 0.1) is 51.6 Å². The van der Waals surface area contributed by atoms with Crippen molar-refractivity contribution in [3.8, 4) is 11.5 Å². The normalized spacial score (nSPS) is 25.0. The molecule has 4 aliphatic carbocycles. The molecule has 30 heteroatoms. The topological polar surface area (TPSA) is 424 Å². The highest BCUT2D eigenvalue weighted by Gasteiger charge is 2.53. The molecule has 4 aromatic carbocycles. The maximum Gasteiger partial charge on any atom is 0.326 e. The summed E-state index contributed by atoms with van der Waals surface area (Å²) in [5, 5.41) is 70.1. The van der Waals surface area contributed by atoms with Crippen LogP contribution in [0.15, 0.2) is 109 Å². The van der Waals surface area contributed by atoms with Crippen molar-refractivity contribution in [2.24, 2.45) is 23.7 Å². The molecule has 0 aromatic heterocycles. The van der Waals surface area contributed by atoms with Crippen LogP contribution in [0.1, 0.15) is 205 Å².